The van der Waals surface area contributed by atoms with Gasteiger partial charge in [-0.2, -0.15) is 0 Å². The maximum Gasteiger partial charge on any atom is 0.0584 e. The Hall–Kier alpha value is -0.120. The van der Waals surface area contributed by atoms with E-state index in [1.165, 1.54) is 0 Å². The number of aliphatic hydroxyl groups excluding tert-OH is 2. The first kappa shape index (κ1) is 12.9. The molecule has 3 nitrogen and oxygen atoms in total. The Balaban J connectivity index is 4.34. The van der Waals surface area contributed by atoms with Gasteiger partial charge in [0.25, 0.3) is 0 Å². The molecule has 0 amide bonds. The van der Waals surface area contributed by atoms with Crippen LogP contribution in [0.2, 0.25) is 0 Å². The van der Waals surface area contributed by atoms with Gasteiger partial charge >= 0.3 is 0 Å². The summed E-state index contributed by atoms with van der Waals surface area (Å²) in [6.07, 6.45) is 1.04. The largest absolute Gasteiger partial charge is 0.395 e. The summed E-state index contributed by atoms with van der Waals surface area (Å²) in [7, 11) is 0. The molecule has 0 aromatic rings. The topological polar surface area (TPSA) is 43.7 Å². The van der Waals surface area contributed by atoms with E-state index in [0.29, 0.717) is 6.04 Å². The van der Waals surface area contributed by atoms with Gasteiger partial charge in [0.15, 0.2) is 0 Å². The van der Waals surface area contributed by atoms with Gasteiger partial charge in [0.05, 0.1) is 13.2 Å². The summed E-state index contributed by atoms with van der Waals surface area (Å²) in [6.45, 7) is 8.50. The maximum absolute atomic E-state index is 9.07. The Morgan fingerprint density at radius 2 is 1.31 bits per heavy atom. The van der Waals surface area contributed by atoms with E-state index in [1.807, 2.05) is 13.8 Å². The highest BCUT2D eigenvalue weighted by Crippen LogP contribution is 2.12. The lowest BCUT2D eigenvalue weighted by atomic mass is 10.1. The Kier molecular flexibility index (Phi) is 6.29. The highest BCUT2D eigenvalue weighted by atomic mass is 16.3. The quantitative estimate of drug-likeness (QED) is 0.651. The molecule has 0 heterocycles. The SMILES string of the molecule is CCC(C)N(C(C)CO)C(C)CO. The monoisotopic (exact) mass is 189 g/mol. The summed E-state index contributed by atoms with van der Waals surface area (Å²) < 4.78 is 0. The molecule has 0 fully saturated rings. The third-order valence-corrected chi connectivity index (χ3v) is 2.65. The van der Waals surface area contributed by atoms with Crippen LogP contribution in [0.5, 0.6) is 0 Å². The maximum atomic E-state index is 9.07. The van der Waals surface area contributed by atoms with Crippen LogP contribution < -0.4 is 0 Å². The Morgan fingerprint density at radius 1 is 0.923 bits per heavy atom. The lowest BCUT2D eigenvalue weighted by Gasteiger charge is -2.37. The van der Waals surface area contributed by atoms with Crippen molar-refractivity contribution in [2.45, 2.75) is 52.2 Å². The van der Waals surface area contributed by atoms with Crippen LogP contribution in [0.4, 0.5) is 0 Å². The fourth-order valence-corrected chi connectivity index (χ4v) is 1.70. The van der Waals surface area contributed by atoms with E-state index in [2.05, 4.69) is 18.7 Å². The van der Waals surface area contributed by atoms with Crippen molar-refractivity contribution in [3.8, 4) is 0 Å². The zero-order valence-corrected chi connectivity index (χ0v) is 9.20. The van der Waals surface area contributed by atoms with Crippen molar-refractivity contribution in [1.29, 1.82) is 0 Å². The second-order valence-corrected chi connectivity index (χ2v) is 3.77. The van der Waals surface area contributed by atoms with Crippen molar-refractivity contribution in [1.82, 2.24) is 4.90 Å². The molecule has 0 bridgehead atoms. The summed E-state index contributed by atoms with van der Waals surface area (Å²) in [5, 5.41) is 18.1. The van der Waals surface area contributed by atoms with Gasteiger partial charge in [-0.1, -0.05) is 6.92 Å². The van der Waals surface area contributed by atoms with E-state index in [-0.39, 0.29) is 25.3 Å². The van der Waals surface area contributed by atoms with E-state index in [4.69, 9.17) is 10.2 Å². The molecular weight excluding hydrogens is 166 g/mol. The molecule has 0 rings (SSSR count). The molecule has 0 saturated carbocycles. The average Bonchev–Trinajstić information content (AvgIpc) is 2.16. The van der Waals surface area contributed by atoms with Crippen molar-refractivity contribution in [2.75, 3.05) is 13.2 Å². The van der Waals surface area contributed by atoms with Gasteiger partial charge in [-0.05, 0) is 27.2 Å². The van der Waals surface area contributed by atoms with Crippen molar-refractivity contribution >= 4 is 0 Å². The molecular formula is C10H23NO2. The molecule has 0 aliphatic heterocycles. The second-order valence-electron chi connectivity index (χ2n) is 3.77. The minimum absolute atomic E-state index is 0.122. The average molecular weight is 189 g/mol. The number of hydrogen-bond donors (Lipinski definition) is 2. The highest BCUT2D eigenvalue weighted by Gasteiger charge is 2.23. The summed E-state index contributed by atoms with van der Waals surface area (Å²) in [4.78, 5) is 2.17. The number of aliphatic hydroxyl groups is 2. The van der Waals surface area contributed by atoms with Gasteiger partial charge in [0.2, 0.25) is 0 Å². The van der Waals surface area contributed by atoms with Crippen LogP contribution in [0.1, 0.15) is 34.1 Å². The molecule has 3 heteroatoms. The summed E-state index contributed by atoms with van der Waals surface area (Å²) >= 11 is 0. The van der Waals surface area contributed by atoms with Crippen molar-refractivity contribution in [3.63, 3.8) is 0 Å². The molecule has 0 aliphatic rings. The van der Waals surface area contributed by atoms with Gasteiger partial charge in [0.1, 0.15) is 0 Å². The smallest absolute Gasteiger partial charge is 0.0584 e. The standard InChI is InChI=1S/C10H23NO2/c1-5-8(2)11(9(3)6-12)10(4)7-13/h8-10,12-13H,5-7H2,1-4H3. The number of rotatable bonds is 6. The van der Waals surface area contributed by atoms with Gasteiger partial charge in [-0.15, -0.1) is 0 Å². The van der Waals surface area contributed by atoms with Crippen LogP contribution in [0.15, 0.2) is 0 Å². The normalized spacial score (nSPS) is 18.7. The third kappa shape index (κ3) is 3.63. The van der Waals surface area contributed by atoms with Crippen molar-refractivity contribution in [3.05, 3.63) is 0 Å². The molecule has 3 unspecified atom stereocenters. The zero-order valence-electron chi connectivity index (χ0n) is 9.20. The second kappa shape index (κ2) is 6.35. The fraction of sp³-hybridized carbons (Fsp3) is 1.00. The Bertz CT molecular complexity index is 106. The molecule has 80 valence electrons. The predicted molar refractivity (Wildman–Crippen MR) is 54.7 cm³/mol. The van der Waals surface area contributed by atoms with Crippen LogP contribution in [0.3, 0.4) is 0 Å². The molecule has 0 aromatic carbocycles. The van der Waals surface area contributed by atoms with Crippen LogP contribution in [0.25, 0.3) is 0 Å². The summed E-state index contributed by atoms with van der Waals surface area (Å²) in [5.74, 6) is 0. The molecule has 0 radical (unpaired) electrons. The van der Waals surface area contributed by atoms with E-state index in [1.54, 1.807) is 0 Å². The van der Waals surface area contributed by atoms with Crippen LogP contribution in [0, 0.1) is 0 Å². The number of nitrogens with zero attached hydrogens (tertiary/aromatic N) is 1. The summed E-state index contributed by atoms with van der Waals surface area (Å²) in [6, 6.07) is 0.651. The van der Waals surface area contributed by atoms with Gasteiger partial charge in [0, 0.05) is 18.1 Å². The van der Waals surface area contributed by atoms with Crippen molar-refractivity contribution < 1.29 is 10.2 Å². The van der Waals surface area contributed by atoms with Crippen molar-refractivity contribution in [2.24, 2.45) is 0 Å². The minimum Gasteiger partial charge on any atom is -0.395 e. The molecule has 13 heavy (non-hydrogen) atoms. The minimum atomic E-state index is 0.122. The Labute approximate surface area is 81.4 Å². The first-order valence-corrected chi connectivity index (χ1v) is 5.07. The molecule has 2 N–H and O–H groups in total. The third-order valence-electron chi connectivity index (χ3n) is 2.65. The van der Waals surface area contributed by atoms with E-state index in [0.717, 1.165) is 6.42 Å². The van der Waals surface area contributed by atoms with Gasteiger partial charge in [-0.3, -0.25) is 4.90 Å². The molecule has 0 spiro atoms. The molecule has 0 saturated heterocycles. The van der Waals surface area contributed by atoms with Crippen LogP contribution in [-0.4, -0.2) is 46.5 Å². The van der Waals surface area contributed by atoms with E-state index < -0.39 is 0 Å². The fourth-order valence-electron chi connectivity index (χ4n) is 1.70. The Morgan fingerprint density at radius 3 is 1.54 bits per heavy atom. The molecule has 3 atom stereocenters. The van der Waals surface area contributed by atoms with E-state index in [9.17, 15) is 0 Å². The van der Waals surface area contributed by atoms with E-state index >= 15 is 0 Å². The highest BCUT2D eigenvalue weighted by molar-refractivity contribution is 4.77. The molecule has 0 aromatic heterocycles. The lowest BCUT2D eigenvalue weighted by Crippen LogP contribution is -2.48. The number of hydrogen-bond acceptors (Lipinski definition) is 3. The van der Waals surface area contributed by atoms with Crippen LogP contribution in [-0.2, 0) is 0 Å². The lowest BCUT2D eigenvalue weighted by molar-refractivity contribution is 0.0365. The summed E-state index contributed by atoms with van der Waals surface area (Å²) in [5.41, 5.74) is 0. The predicted octanol–water partition coefficient (Wildman–Crippen LogP) is 0.848. The van der Waals surface area contributed by atoms with Crippen LogP contribution >= 0.6 is 0 Å². The van der Waals surface area contributed by atoms with Gasteiger partial charge < -0.3 is 10.2 Å². The van der Waals surface area contributed by atoms with Gasteiger partial charge in [-0.25, -0.2) is 0 Å². The zero-order chi connectivity index (χ0) is 10.4. The molecule has 0 aliphatic carbocycles. The first-order valence-electron chi connectivity index (χ1n) is 5.07. The first-order chi connectivity index (χ1) is 6.08.